The monoisotopic (exact) mass is 366 g/mol. The van der Waals surface area contributed by atoms with Gasteiger partial charge in [0.15, 0.2) is 6.61 Å². The van der Waals surface area contributed by atoms with Crippen LogP contribution < -0.4 is 9.62 Å². The first kappa shape index (κ1) is 17.7. The van der Waals surface area contributed by atoms with Gasteiger partial charge in [-0.15, -0.1) is 0 Å². The molecule has 1 aliphatic heterocycles. The molecule has 0 spiro atoms. The molecule has 25 heavy (non-hydrogen) atoms. The lowest BCUT2D eigenvalue weighted by atomic mass is 10.1. The number of benzene rings is 1. The molecule has 2 aliphatic rings. The maximum absolute atomic E-state index is 12.1. The lowest BCUT2D eigenvalue weighted by Crippen LogP contribution is -2.37. The molecular formula is C17H22N2O5S. The smallest absolute Gasteiger partial charge is 0.338 e. The van der Waals surface area contributed by atoms with Gasteiger partial charge in [-0.2, -0.15) is 0 Å². The van der Waals surface area contributed by atoms with Gasteiger partial charge in [0.05, 0.1) is 17.5 Å². The van der Waals surface area contributed by atoms with E-state index in [-0.39, 0.29) is 18.6 Å². The van der Waals surface area contributed by atoms with Crippen LogP contribution in [0.4, 0.5) is 5.69 Å². The van der Waals surface area contributed by atoms with Crippen LogP contribution in [-0.2, 0) is 26.0 Å². The van der Waals surface area contributed by atoms with E-state index < -0.39 is 16.0 Å². The molecule has 1 amide bonds. The number of nitrogens with one attached hydrogen (secondary N) is 1. The van der Waals surface area contributed by atoms with Gasteiger partial charge in [-0.25, -0.2) is 13.2 Å². The minimum Gasteiger partial charge on any atom is -0.452 e. The Kier molecular flexibility index (Phi) is 4.73. The Bertz CT molecular complexity index is 801. The predicted molar refractivity (Wildman–Crippen MR) is 92.9 cm³/mol. The molecule has 0 saturated heterocycles. The van der Waals surface area contributed by atoms with Crippen LogP contribution in [0, 0.1) is 5.92 Å². The predicted octanol–water partition coefficient (Wildman–Crippen LogP) is 1.08. The van der Waals surface area contributed by atoms with Crippen LogP contribution in [-0.4, -0.2) is 45.7 Å². The molecule has 0 radical (unpaired) electrons. The van der Waals surface area contributed by atoms with E-state index in [9.17, 15) is 18.0 Å². The third-order valence-corrected chi connectivity index (χ3v) is 5.80. The van der Waals surface area contributed by atoms with Crippen LogP contribution in [0.5, 0.6) is 0 Å². The number of fused-ring (bicyclic) bond motifs is 1. The molecule has 3 rings (SSSR count). The summed E-state index contributed by atoms with van der Waals surface area (Å²) < 4.78 is 29.8. The lowest BCUT2D eigenvalue weighted by Gasteiger charge is -2.16. The summed E-state index contributed by atoms with van der Waals surface area (Å²) >= 11 is 0. The van der Waals surface area contributed by atoms with Crippen molar-refractivity contribution in [1.82, 2.24) is 5.32 Å². The van der Waals surface area contributed by atoms with Gasteiger partial charge in [0, 0.05) is 12.6 Å². The highest BCUT2D eigenvalue weighted by Gasteiger charge is 2.29. The fourth-order valence-electron chi connectivity index (χ4n) is 3.07. The minimum absolute atomic E-state index is 0.105. The zero-order valence-electron chi connectivity index (χ0n) is 14.3. The van der Waals surface area contributed by atoms with Crippen molar-refractivity contribution in [3.05, 3.63) is 29.3 Å². The molecule has 1 aromatic rings. The van der Waals surface area contributed by atoms with Crippen LogP contribution in [0.1, 0.15) is 35.7 Å². The molecule has 1 atom stereocenters. The molecule has 1 fully saturated rings. The minimum atomic E-state index is -3.32. The van der Waals surface area contributed by atoms with Crippen LogP contribution in [0.15, 0.2) is 18.2 Å². The fourth-order valence-corrected chi connectivity index (χ4v) is 4.03. The third kappa shape index (κ3) is 4.12. The van der Waals surface area contributed by atoms with Crippen LogP contribution in [0.25, 0.3) is 0 Å². The second kappa shape index (κ2) is 6.67. The van der Waals surface area contributed by atoms with E-state index in [1.54, 1.807) is 12.1 Å². The van der Waals surface area contributed by atoms with Crippen LogP contribution in [0.3, 0.4) is 0 Å². The van der Waals surface area contributed by atoms with Crippen LogP contribution in [0.2, 0.25) is 0 Å². The summed E-state index contributed by atoms with van der Waals surface area (Å²) in [4.78, 5) is 23.9. The number of sulfonamides is 1. The highest BCUT2D eigenvalue weighted by atomic mass is 32.2. The van der Waals surface area contributed by atoms with Crippen molar-refractivity contribution < 1.29 is 22.7 Å². The van der Waals surface area contributed by atoms with Gasteiger partial charge in [-0.3, -0.25) is 9.10 Å². The van der Waals surface area contributed by atoms with Gasteiger partial charge >= 0.3 is 5.97 Å². The molecule has 1 saturated carbocycles. The number of nitrogens with zero attached hydrogens (tertiary/aromatic N) is 1. The standard InChI is InChI=1S/C17H22N2O5S/c1-11(12-3-4-12)18-16(20)10-24-17(21)14-5-6-15-13(9-14)7-8-19(15)25(2,22)23/h5-6,9,11-12H,3-4,7-8,10H2,1-2H3,(H,18,20)/t11-/m0/s1. The Morgan fingerprint density at radius 2 is 2.08 bits per heavy atom. The first-order valence-corrected chi connectivity index (χ1v) is 10.2. The number of carbonyl (C=O) groups is 2. The first-order valence-electron chi connectivity index (χ1n) is 8.33. The van der Waals surface area contributed by atoms with E-state index in [4.69, 9.17) is 4.74 Å². The maximum Gasteiger partial charge on any atom is 0.338 e. The Morgan fingerprint density at radius 1 is 1.36 bits per heavy atom. The second-order valence-corrected chi connectivity index (χ2v) is 8.61. The first-order chi connectivity index (χ1) is 11.8. The van der Waals surface area contributed by atoms with Crippen molar-refractivity contribution >= 4 is 27.6 Å². The number of rotatable bonds is 6. The fraction of sp³-hybridized carbons (Fsp3) is 0.529. The van der Waals surface area contributed by atoms with E-state index in [2.05, 4.69) is 5.32 Å². The molecule has 0 unspecified atom stereocenters. The number of anilines is 1. The van der Waals surface area contributed by atoms with E-state index in [0.29, 0.717) is 30.1 Å². The third-order valence-electron chi connectivity index (χ3n) is 4.62. The Labute approximate surface area is 147 Å². The highest BCUT2D eigenvalue weighted by molar-refractivity contribution is 7.92. The summed E-state index contributed by atoms with van der Waals surface area (Å²) in [6.45, 7) is 2.00. The average Bonchev–Trinajstić information content (AvgIpc) is 3.30. The van der Waals surface area contributed by atoms with Crippen LogP contribution >= 0.6 is 0 Å². The van der Waals surface area contributed by atoms with Crippen molar-refractivity contribution in [2.45, 2.75) is 32.2 Å². The van der Waals surface area contributed by atoms with E-state index in [0.717, 1.165) is 24.7 Å². The van der Waals surface area contributed by atoms with Gasteiger partial charge < -0.3 is 10.1 Å². The molecular weight excluding hydrogens is 344 g/mol. The summed E-state index contributed by atoms with van der Waals surface area (Å²) in [5, 5.41) is 2.82. The summed E-state index contributed by atoms with van der Waals surface area (Å²) in [7, 11) is -3.32. The van der Waals surface area contributed by atoms with Gasteiger partial charge in [0.1, 0.15) is 0 Å². The van der Waals surface area contributed by atoms with Crippen molar-refractivity contribution in [3.8, 4) is 0 Å². The summed E-state index contributed by atoms with van der Waals surface area (Å²) in [5.74, 6) is -0.360. The van der Waals surface area contributed by atoms with Gasteiger partial charge in [0.25, 0.3) is 5.91 Å². The number of ether oxygens (including phenoxy) is 1. The molecule has 136 valence electrons. The molecule has 0 aromatic heterocycles. The lowest BCUT2D eigenvalue weighted by molar-refractivity contribution is -0.124. The maximum atomic E-state index is 12.1. The zero-order valence-corrected chi connectivity index (χ0v) is 15.1. The average molecular weight is 366 g/mol. The van der Waals surface area contributed by atoms with Gasteiger partial charge in [-0.05, 0) is 55.9 Å². The number of carbonyl (C=O) groups excluding carboxylic acids is 2. The molecule has 0 bridgehead atoms. The summed E-state index contributed by atoms with van der Waals surface area (Å²) in [5.41, 5.74) is 1.69. The van der Waals surface area contributed by atoms with Crippen molar-refractivity contribution in [1.29, 1.82) is 0 Å². The molecule has 1 aromatic carbocycles. The Morgan fingerprint density at radius 3 is 2.72 bits per heavy atom. The van der Waals surface area contributed by atoms with E-state index in [1.807, 2.05) is 6.92 Å². The SMILES string of the molecule is C[C@H](NC(=O)COC(=O)c1ccc2c(c1)CCN2S(C)(=O)=O)C1CC1. The summed E-state index contributed by atoms with van der Waals surface area (Å²) in [6.07, 6.45) is 3.95. The quantitative estimate of drug-likeness (QED) is 0.761. The number of esters is 1. The topological polar surface area (TPSA) is 92.8 Å². The van der Waals surface area contributed by atoms with E-state index >= 15 is 0 Å². The van der Waals surface area contributed by atoms with Gasteiger partial charge in [0.2, 0.25) is 10.0 Å². The molecule has 1 heterocycles. The van der Waals surface area contributed by atoms with E-state index in [1.165, 1.54) is 10.4 Å². The molecule has 1 N–H and O–H groups in total. The second-order valence-electron chi connectivity index (χ2n) is 6.70. The van der Waals surface area contributed by atoms with Crippen molar-refractivity contribution in [2.75, 3.05) is 23.7 Å². The normalized spacial score (nSPS) is 17.8. The Balaban J connectivity index is 1.59. The largest absolute Gasteiger partial charge is 0.452 e. The molecule has 1 aliphatic carbocycles. The van der Waals surface area contributed by atoms with Crippen molar-refractivity contribution in [3.63, 3.8) is 0 Å². The zero-order chi connectivity index (χ0) is 18.2. The highest BCUT2D eigenvalue weighted by Crippen LogP contribution is 2.32. The number of amides is 1. The number of hydrogen-bond acceptors (Lipinski definition) is 5. The number of hydrogen-bond donors (Lipinski definition) is 1. The van der Waals surface area contributed by atoms with Crippen molar-refractivity contribution in [2.24, 2.45) is 5.92 Å². The molecule has 8 heteroatoms. The molecule has 7 nitrogen and oxygen atoms in total. The Hall–Kier alpha value is -2.09. The summed E-state index contributed by atoms with van der Waals surface area (Å²) in [6, 6.07) is 4.87. The van der Waals surface area contributed by atoms with Gasteiger partial charge in [-0.1, -0.05) is 0 Å².